The molecule has 1 amide bonds. The molecule has 2 aliphatic heterocycles. The molecule has 0 atom stereocenters. The molecule has 0 radical (unpaired) electrons. The zero-order valence-corrected chi connectivity index (χ0v) is 10.3. The van der Waals surface area contributed by atoms with Crippen molar-refractivity contribution in [3.63, 3.8) is 0 Å². The molecule has 0 aromatic carbocycles. The highest BCUT2D eigenvalue weighted by atomic mass is 32.2. The van der Waals surface area contributed by atoms with Gasteiger partial charge in [-0.2, -0.15) is 0 Å². The Balaban J connectivity index is 1.79. The Morgan fingerprint density at radius 1 is 1.24 bits per heavy atom. The largest absolute Gasteiger partial charge is 0.465 e. The van der Waals surface area contributed by atoms with Gasteiger partial charge in [0.15, 0.2) is 0 Å². The maximum atomic E-state index is 11.2. The maximum Gasteiger partial charge on any atom is 0.407 e. The Kier molecular flexibility index (Phi) is 3.28. The van der Waals surface area contributed by atoms with Gasteiger partial charge in [0, 0.05) is 19.1 Å². The average molecular weight is 263 g/mol. The van der Waals surface area contributed by atoms with Crippen molar-refractivity contribution in [2.45, 2.75) is 24.1 Å². The molecule has 0 spiro atoms. The third kappa shape index (κ3) is 2.70. The lowest BCUT2D eigenvalue weighted by Crippen LogP contribution is -2.62. The number of hydrogen-bond acceptors (Lipinski definition) is 4. The summed E-state index contributed by atoms with van der Waals surface area (Å²) in [6, 6.07) is 0.243. The van der Waals surface area contributed by atoms with Crippen LogP contribution in [0.2, 0.25) is 0 Å². The van der Waals surface area contributed by atoms with E-state index in [9.17, 15) is 13.2 Å². The number of rotatable bonds is 2. The number of nitrogens with zero attached hydrogens (tertiary/aromatic N) is 2. The second-order valence-corrected chi connectivity index (χ2v) is 6.51. The lowest BCUT2D eigenvalue weighted by atomic mass is 10.0. The molecule has 7 nitrogen and oxygen atoms in total. The van der Waals surface area contributed by atoms with E-state index in [1.54, 1.807) is 0 Å². The summed E-state index contributed by atoms with van der Waals surface area (Å²) in [5, 5.41) is 13.4. The first-order valence-corrected chi connectivity index (χ1v) is 7.22. The highest BCUT2D eigenvalue weighted by molar-refractivity contribution is 7.89. The molecule has 0 aromatic heterocycles. The summed E-state index contributed by atoms with van der Waals surface area (Å²) in [5.74, 6) is 0. The summed E-state index contributed by atoms with van der Waals surface area (Å²) in [5.41, 5.74) is 0. The van der Waals surface area contributed by atoms with Crippen molar-refractivity contribution in [3.05, 3.63) is 0 Å². The van der Waals surface area contributed by atoms with Gasteiger partial charge in [-0.25, -0.2) is 18.4 Å². The number of amides is 1. The number of carboxylic acid groups (broad SMARTS) is 1. The second kappa shape index (κ2) is 4.43. The standard InChI is InChI=1S/C9H17N3O4S/c10-17(15,16)8-1-3-11(4-2-8)7-5-12(6-7)9(13)14/h7-8H,1-6H2,(H,13,14)(H2,10,15,16). The van der Waals surface area contributed by atoms with Crippen LogP contribution < -0.4 is 5.14 Å². The smallest absolute Gasteiger partial charge is 0.407 e. The number of carbonyl (C=O) groups is 1. The van der Waals surface area contributed by atoms with Crippen LogP contribution in [0.3, 0.4) is 0 Å². The summed E-state index contributed by atoms with van der Waals surface area (Å²) in [4.78, 5) is 14.1. The molecular weight excluding hydrogens is 246 g/mol. The van der Waals surface area contributed by atoms with E-state index in [0.29, 0.717) is 39.0 Å². The van der Waals surface area contributed by atoms with E-state index in [1.165, 1.54) is 4.90 Å². The molecule has 17 heavy (non-hydrogen) atoms. The fourth-order valence-corrected chi connectivity index (χ4v) is 3.28. The summed E-state index contributed by atoms with van der Waals surface area (Å²) in [6.07, 6.45) is 0.200. The number of hydrogen-bond donors (Lipinski definition) is 2. The van der Waals surface area contributed by atoms with Crippen LogP contribution in [0.4, 0.5) is 4.79 Å². The van der Waals surface area contributed by atoms with Crippen molar-refractivity contribution in [2.24, 2.45) is 5.14 Å². The van der Waals surface area contributed by atoms with Crippen molar-refractivity contribution < 1.29 is 18.3 Å². The SMILES string of the molecule is NS(=O)(=O)C1CCN(C2CN(C(=O)O)C2)CC1. The van der Waals surface area contributed by atoms with Crippen LogP contribution in [-0.4, -0.2) is 66.9 Å². The molecule has 8 heteroatoms. The van der Waals surface area contributed by atoms with Gasteiger partial charge in [-0.1, -0.05) is 0 Å². The Morgan fingerprint density at radius 3 is 2.18 bits per heavy atom. The molecule has 2 heterocycles. The van der Waals surface area contributed by atoms with Crippen LogP contribution in [0.5, 0.6) is 0 Å². The van der Waals surface area contributed by atoms with Gasteiger partial charge < -0.3 is 10.0 Å². The van der Waals surface area contributed by atoms with E-state index in [1.807, 2.05) is 0 Å². The summed E-state index contributed by atoms with van der Waals surface area (Å²) < 4.78 is 22.3. The Hall–Kier alpha value is -0.860. The van der Waals surface area contributed by atoms with Crippen molar-refractivity contribution in [2.75, 3.05) is 26.2 Å². The lowest BCUT2D eigenvalue weighted by molar-refractivity contribution is 0.0283. The predicted molar refractivity (Wildman–Crippen MR) is 61.1 cm³/mol. The molecule has 0 aromatic rings. The fourth-order valence-electron chi connectivity index (χ4n) is 2.41. The molecule has 3 N–H and O–H groups in total. The molecule has 2 rings (SSSR count). The fraction of sp³-hybridized carbons (Fsp3) is 0.889. The third-order valence-corrected chi connectivity index (χ3v) is 4.99. The molecule has 0 unspecified atom stereocenters. The Labute approximate surface area is 100 Å². The van der Waals surface area contributed by atoms with Gasteiger partial charge in [-0.05, 0) is 25.9 Å². The monoisotopic (exact) mass is 263 g/mol. The van der Waals surface area contributed by atoms with E-state index in [-0.39, 0.29) is 6.04 Å². The van der Waals surface area contributed by atoms with Gasteiger partial charge >= 0.3 is 6.09 Å². The van der Waals surface area contributed by atoms with E-state index in [0.717, 1.165) is 0 Å². The van der Waals surface area contributed by atoms with Gasteiger partial charge in [-0.15, -0.1) is 0 Å². The minimum Gasteiger partial charge on any atom is -0.465 e. The molecule has 2 fully saturated rings. The summed E-state index contributed by atoms with van der Waals surface area (Å²) in [6.45, 7) is 2.41. The zero-order valence-electron chi connectivity index (χ0n) is 9.45. The Morgan fingerprint density at radius 2 is 1.76 bits per heavy atom. The second-order valence-electron chi connectivity index (χ2n) is 4.67. The van der Waals surface area contributed by atoms with Crippen LogP contribution in [0.1, 0.15) is 12.8 Å². The molecule has 0 bridgehead atoms. The molecular formula is C9H17N3O4S. The summed E-state index contributed by atoms with van der Waals surface area (Å²) in [7, 11) is -3.42. The van der Waals surface area contributed by atoms with Crippen LogP contribution in [0, 0.1) is 0 Å². The number of sulfonamides is 1. The van der Waals surface area contributed by atoms with Crippen molar-refractivity contribution in [1.82, 2.24) is 9.80 Å². The summed E-state index contributed by atoms with van der Waals surface area (Å²) >= 11 is 0. The van der Waals surface area contributed by atoms with E-state index in [4.69, 9.17) is 10.2 Å². The first-order chi connectivity index (χ1) is 7.88. The van der Waals surface area contributed by atoms with Crippen molar-refractivity contribution in [3.8, 4) is 0 Å². The van der Waals surface area contributed by atoms with Gasteiger partial charge in [0.1, 0.15) is 0 Å². The van der Waals surface area contributed by atoms with E-state index in [2.05, 4.69) is 4.90 Å². The molecule has 0 saturated carbocycles. The average Bonchev–Trinajstić information content (AvgIpc) is 2.14. The van der Waals surface area contributed by atoms with E-state index < -0.39 is 21.4 Å². The minimum absolute atomic E-state index is 0.243. The van der Waals surface area contributed by atoms with Crippen LogP contribution in [0.15, 0.2) is 0 Å². The number of piperidine rings is 1. The third-order valence-electron chi connectivity index (χ3n) is 3.59. The number of likely N-dealkylation sites (tertiary alicyclic amines) is 2. The van der Waals surface area contributed by atoms with Gasteiger partial charge in [0.2, 0.25) is 10.0 Å². The highest BCUT2D eigenvalue weighted by Gasteiger charge is 2.37. The normalized spacial score (nSPS) is 24.6. The minimum atomic E-state index is -3.42. The zero-order chi connectivity index (χ0) is 12.6. The van der Waals surface area contributed by atoms with Crippen molar-refractivity contribution in [1.29, 1.82) is 0 Å². The number of nitrogens with two attached hydrogens (primary N) is 1. The van der Waals surface area contributed by atoms with Gasteiger partial charge in [0.25, 0.3) is 0 Å². The lowest BCUT2D eigenvalue weighted by Gasteiger charge is -2.46. The van der Waals surface area contributed by atoms with Crippen LogP contribution >= 0.6 is 0 Å². The molecule has 0 aliphatic carbocycles. The van der Waals surface area contributed by atoms with E-state index >= 15 is 0 Å². The molecule has 2 saturated heterocycles. The molecule has 98 valence electrons. The predicted octanol–water partition coefficient (Wildman–Crippen LogP) is -0.898. The molecule has 2 aliphatic rings. The Bertz CT molecular complexity index is 396. The highest BCUT2D eigenvalue weighted by Crippen LogP contribution is 2.22. The van der Waals surface area contributed by atoms with Crippen LogP contribution in [-0.2, 0) is 10.0 Å². The van der Waals surface area contributed by atoms with Gasteiger partial charge in [-0.3, -0.25) is 4.90 Å². The first-order valence-electron chi connectivity index (χ1n) is 5.61. The quantitative estimate of drug-likeness (QED) is 0.672. The topological polar surface area (TPSA) is 104 Å². The van der Waals surface area contributed by atoms with Crippen molar-refractivity contribution >= 4 is 16.1 Å². The number of primary sulfonamides is 1. The van der Waals surface area contributed by atoms with Gasteiger partial charge in [0.05, 0.1) is 5.25 Å². The van der Waals surface area contributed by atoms with Crippen LogP contribution in [0.25, 0.3) is 0 Å². The maximum absolute atomic E-state index is 11.2. The first kappa shape index (κ1) is 12.6.